The summed E-state index contributed by atoms with van der Waals surface area (Å²) in [6.45, 7) is 1.78. The lowest BCUT2D eigenvalue weighted by atomic mass is 9.98. The molecule has 0 spiro atoms. The van der Waals surface area contributed by atoms with Crippen LogP contribution in [0.4, 0.5) is 0 Å². The van der Waals surface area contributed by atoms with Crippen molar-refractivity contribution in [1.29, 1.82) is 0 Å². The minimum atomic E-state index is -0.561. The Balaban J connectivity index is 2.34. The lowest BCUT2D eigenvalue weighted by Gasteiger charge is -2.09. The van der Waals surface area contributed by atoms with Crippen molar-refractivity contribution in [1.82, 2.24) is 0 Å². The minimum absolute atomic E-state index is 0.0134. The number of ketones is 1. The third kappa shape index (κ3) is 2.21. The van der Waals surface area contributed by atoms with Crippen molar-refractivity contribution in [2.45, 2.75) is 6.92 Å². The van der Waals surface area contributed by atoms with E-state index in [2.05, 4.69) is 0 Å². The molecular formula is C17H12O4. The molecule has 2 aromatic carbocycles. The SMILES string of the molecule is Cc1cc(O)c(C(=O)c2ccccc2)c2oc(=O)ccc12. The van der Waals surface area contributed by atoms with Gasteiger partial charge in [0.1, 0.15) is 11.3 Å². The predicted molar refractivity (Wildman–Crippen MR) is 78.8 cm³/mol. The van der Waals surface area contributed by atoms with Crippen LogP contribution >= 0.6 is 0 Å². The lowest BCUT2D eigenvalue weighted by molar-refractivity contribution is 0.103. The third-order valence-corrected chi connectivity index (χ3v) is 3.36. The fourth-order valence-corrected chi connectivity index (χ4v) is 2.34. The zero-order valence-corrected chi connectivity index (χ0v) is 11.3. The van der Waals surface area contributed by atoms with Gasteiger partial charge in [-0.05, 0) is 24.6 Å². The van der Waals surface area contributed by atoms with Crippen LogP contribution in [0.1, 0.15) is 21.5 Å². The van der Waals surface area contributed by atoms with Gasteiger partial charge in [0, 0.05) is 17.0 Å². The van der Waals surface area contributed by atoms with E-state index in [1.54, 1.807) is 43.3 Å². The largest absolute Gasteiger partial charge is 0.507 e. The van der Waals surface area contributed by atoms with E-state index < -0.39 is 5.63 Å². The van der Waals surface area contributed by atoms with Crippen LogP contribution in [0.3, 0.4) is 0 Å². The Morgan fingerprint density at radius 3 is 2.52 bits per heavy atom. The summed E-state index contributed by atoms with van der Waals surface area (Å²) >= 11 is 0. The summed E-state index contributed by atoms with van der Waals surface area (Å²) in [6, 6.07) is 12.9. The van der Waals surface area contributed by atoms with E-state index in [4.69, 9.17) is 4.42 Å². The maximum Gasteiger partial charge on any atom is 0.336 e. The number of aromatic hydroxyl groups is 1. The fraction of sp³-hybridized carbons (Fsp3) is 0.0588. The number of aryl methyl sites for hydroxylation is 1. The number of hydrogen-bond donors (Lipinski definition) is 1. The van der Waals surface area contributed by atoms with Crippen molar-refractivity contribution in [3.05, 3.63) is 75.6 Å². The number of rotatable bonds is 2. The van der Waals surface area contributed by atoms with Crippen molar-refractivity contribution in [3.63, 3.8) is 0 Å². The summed E-state index contributed by atoms with van der Waals surface area (Å²) < 4.78 is 5.16. The Morgan fingerprint density at radius 1 is 1.10 bits per heavy atom. The van der Waals surface area contributed by atoms with Crippen LogP contribution in [-0.2, 0) is 0 Å². The summed E-state index contributed by atoms with van der Waals surface area (Å²) in [7, 11) is 0. The molecular weight excluding hydrogens is 268 g/mol. The van der Waals surface area contributed by atoms with Gasteiger partial charge in [0.15, 0.2) is 5.58 Å². The first-order valence-electron chi connectivity index (χ1n) is 6.44. The number of phenols is 1. The summed E-state index contributed by atoms with van der Waals surface area (Å²) in [5.41, 5.74) is 0.725. The van der Waals surface area contributed by atoms with Gasteiger partial charge in [-0.15, -0.1) is 0 Å². The molecule has 1 N–H and O–H groups in total. The average molecular weight is 280 g/mol. The van der Waals surface area contributed by atoms with E-state index in [1.165, 1.54) is 12.1 Å². The van der Waals surface area contributed by atoms with Crippen LogP contribution in [0.5, 0.6) is 5.75 Å². The highest BCUT2D eigenvalue weighted by molar-refractivity contribution is 6.17. The zero-order valence-electron chi connectivity index (χ0n) is 11.3. The first-order chi connectivity index (χ1) is 10.1. The molecule has 0 aliphatic carbocycles. The van der Waals surface area contributed by atoms with Gasteiger partial charge in [-0.3, -0.25) is 4.79 Å². The van der Waals surface area contributed by atoms with Crippen molar-refractivity contribution in [3.8, 4) is 5.75 Å². The highest BCUT2D eigenvalue weighted by Gasteiger charge is 2.20. The third-order valence-electron chi connectivity index (χ3n) is 3.36. The van der Waals surface area contributed by atoms with Gasteiger partial charge < -0.3 is 9.52 Å². The number of carbonyl (C=O) groups is 1. The molecule has 0 atom stereocenters. The quantitative estimate of drug-likeness (QED) is 0.578. The molecule has 0 radical (unpaired) electrons. The van der Waals surface area contributed by atoms with Crippen molar-refractivity contribution >= 4 is 16.8 Å². The molecule has 0 amide bonds. The van der Waals surface area contributed by atoms with Crippen LogP contribution in [0, 0.1) is 6.92 Å². The molecule has 4 heteroatoms. The van der Waals surface area contributed by atoms with Gasteiger partial charge in [0.05, 0.1) is 0 Å². The van der Waals surface area contributed by atoms with E-state index in [-0.39, 0.29) is 22.7 Å². The second-order valence-electron chi connectivity index (χ2n) is 4.78. The molecule has 21 heavy (non-hydrogen) atoms. The number of phenolic OH excluding ortho intramolecular Hbond substituents is 1. The number of hydrogen-bond acceptors (Lipinski definition) is 4. The number of fused-ring (bicyclic) bond motifs is 1. The second-order valence-corrected chi connectivity index (χ2v) is 4.78. The normalized spacial score (nSPS) is 10.7. The first kappa shape index (κ1) is 13.1. The Hall–Kier alpha value is -2.88. The van der Waals surface area contributed by atoms with E-state index in [0.717, 1.165) is 5.56 Å². The van der Waals surface area contributed by atoms with Crippen molar-refractivity contribution < 1.29 is 14.3 Å². The lowest BCUT2D eigenvalue weighted by Crippen LogP contribution is -2.05. The molecule has 1 aromatic heterocycles. The van der Waals surface area contributed by atoms with E-state index >= 15 is 0 Å². The van der Waals surface area contributed by atoms with Crippen LogP contribution in [0.2, 0.25) is 0 Å². The molecule has 3 rings (SSSR count). The molecule has 3 aromatic rings. The summed E-state index contributed by atoms with van der Waals surface area (Å²) in [4.78, 5) is 24.0. The maximum absolute atomic E-state index is 12.6. The summed E-state index contributed by atoms with van der Waals surface area (Å²) in [5.74, 6) is -0.573. The standard InChI is InChI=1S/C17H12O4/c1-10-9-13(18)15(16(20)11-5-3-2-4-6-11)17-12(10)7-8-14(19)21-17/h2-9,18H,1H3. The highest BCUT2D eigenvalue weighted by atomic mass is 16.4. The van der Waals surface area contributed by atoms with E-state index in [9.17, 15) is 14.7 Å². The Morgan fingerprint density at radius 2 is 1.81 bits per heavy atom. The molecule has 0 unspecified atom stereocenters. The molecule has 1 heterocycles. The summed E-state index contributed by atoms with van der Waals surface area (Å²) in [5, 5.41) is 10.8. The Bertz CT molecular complexity index is 892. The minimum Gasteiger partial charge on any atom is -0.507 e. The Labute approximate surface area is 120 Å². The van der Waals surface area contributed by atoms with Crippen molar-refractivity contribution in [2.24, 2.45) is 0 Å². The predicted octanol–water partition coefficient (Wildman–Crippen LogP) is 3.04. The molecule has 0 saturated heterocycles. The maximum atomic E-state index is 12.6. The van der Waals surface area contributed by atoms with Gasteiger partial charge in [0.25, 0.3) is 0 Å². The molecule has 4 nitrogen and oxygen atoms in total. The van der Waals surface area contributed by atoms with Gasteiger partial charge in [-0.1, -0.05) is 30.3 Å². The van der Waals surface area contributed by atoms with Crippen LogP contribution in [-0.4, -0.2) is 10.9 Å². The topological polar surface area (TPSA) is 67.5 Å². The van der Waals surface area contributed by atoms with Gasteiger partial charge in [-0.2, -0.15) is 0 Å². The first-order valence-corrected chi connectivity index (χ1v) is 6.44. The number of benzene rings is 2. The monoisotopic (exact) mass is 280 g/mol. The Kier molecular flexibility index (Phi) is 3.06. The van der Waals surface area contributed by atoms with Crippen LogP contribution in [0.15, 0.2) is 57.7 Å². The molecule has 0 aliphatic rings. The molecule has 0 bridgehead atoms. The molecule has 0 saturated carbocycles. The average Bonchev–Trinajstić information content (AvgIpc) is 2.47. The molecule has 0 fully saturated rings. The van der Waals surface area contributed by atoms with Crippen LogP contribution < -0.4 is 5.63 Å². The zero-order chi connectivity index (χ0) is 15.0. The second kappa shape index (κ2) is 4.90. The number of carbonyl (C=O) groups excluding carboxylic acids is 1. The van der Waals surface area contributed by atoms with Gasteiger partial charge >= 0.3 is 5.63 Å². The molecule has 104 valence electrons. The van der Waals surface area contributed by atoms with E-state index in [1.807, 2.05) is 0 Å². The van der Waals surface area contributed by atoms with Gasteiger partial charge in [0.2, 0.25) is 5.78 Å². The smallest absolute Gasteiger partial charge is 0.336 e. The van der Waals surface area contributed by atoms with Crippen LogP contribution in [0.25, 0.3) is 11.0 Å². The summed E-state index contributed by atoms with van der Waals surface area (Å²) in [6.07, 6.45) is 0. The van der Waals surface area contributed by atoms with Gasteiger partial charge in [-0.25, -0.2) is 4.79 Å². The molecule has 0 aliphatic heterocycles. The van der Waals surface area contributed by atoms with E-state index in [0.29, 0.717) is 10.9 Å². The van der Waals surface area contributed by atoms with Crippen molar-refractivity contribution in [2.75, 3.05) is 0 Å². The highest BCUT2D eigenvalue weighted by Crippen LogP contribution is 2.31. The fourth-order valence-electron chi connectivity index (χ4n) is 2.34.